The zero-order valence-electron chi connectivity index (χ0n) is 26.7. The van der Waals surface area contributed by atoms with E-state index in [0.717, 1.165) is 27.5 Å². The highest BCUT2D eigenvalue weighted by atomic mass is 32.1. The fraction of sp³-hybridized carbons (Fsp3) is 0. The van der Waals surface area contributed by atoms with E-state index in [1.807, 2.05) is 47.7 Å². The van der Waals surface area contributed by atoms with Gasteiger partial charge in [-0.25, -0.2) is 4.98 Å². The van der Waals surface area contributed by atoms with Gasteiger partial charge in [0.25, 0.3) is 0 Å². The summed E-state index contributed by atoms with van der Waals surface area (Å²) in [4.78, 5) is 15.3. The molecular formula is C45H26N4S. The second-order valence-electron chi connectivity index (χ2n) is 12.8. The number of thiophene rings is 1. The Morgan fingerprint density at radius 2 is 0.940 bits per heavy atom. The van der Waals surface area contributed by atoms with Crippen molar-refractivity contribution in [1.29, 1.82) is 0 Å². The molecule has 0 N–H and O–H groups in total. The molecule has 0 unspecified atom stereocenters. The molecule has 0 aliphatic carbocycles. The highest BCUT2D eigenvalue weighted by Crippen LogP contribution is 2.46. The Morgan fingerprint density at radius 3 is 1.68 bits per heavy atom. The second kappa shape index (κ2) is 10.5. The quantitative estimate of drug-likeness (QED) is 0.178. The van der Waals surface area contributed by atoms with Crippen molar-refractivity contribution in [2.24, 2.45) is 0 Å². The summed E-state index contributed by atoms with van der Waals surface area (Å²) in [5.74, 6) is 1.88. The van der Waals surface area contributed by atoms with Gasteiger partial charge in [0.1, 0.15) is 0 Å². The SMILES string of the molecule is c1ccc(-c2nc(-c3ccccc3)nc(-n3c4ccccc4c4cc5c6ccccc6c6c(ccc7c8ccccc8sc76)c5cc43)n2)cc1. The van der Waals surface area contributed by atoms with Gasteiger partial charge in [0.2, 0.25) is 5.95 Å². The topological polar surface area (TPSA) is 43.6 Å². The first-order valence-corrected chi connectivity index (χ1v) is 17.6. The van der Waals surface area contributed by atoms with Gasteiger partial charge in [-0.1, -0.05) is 133 Å². The lowest BCUT2D eigenvalue weighted by molar-refractivity contribution is 0.954. The van der Waals surface area contributed by atoms with Crippen LogP contribution < -0.4 is 0 Å². The van der Waals surface area contributed by atoms with Crippen LogP contribution in [0.2, 0.25) is 0 Å². The first-order chi connectivity index (χ1) is 24.8. The predicted molar refractivity (Wildman–Crippen MR) is 210 cm³/mol. The molecule has 0 bridgehead atoms. The van der Waals surface area contributed by atoms with E-state index in [1.54, 1.807) is 0 Å². The van der Waals surface area contributed by atoms with Crippen LogP contribution in [0.3, 0.4) is 0 Å². The smallest absolute Gasteiger partial charge is 0.238 e. The van der Waals surface area contributed by atoms with Crippen LogP contribution in [0.1, 0.15) is 0 Å². The molecule has 4 nitrogen and oxygen atoms in total. The maximum Gasteiger partial charge on any atom is 0.238 e. The highest BCUT2D eigenvalue weighted by Gasteiger charge is 2.21. The van der Waals surface area contributed by atoms with Crippen LogP contribution in [-0.4, -0.2) is 19.5 Å². The lowest BCUT2D eigenvalue weighted by Gasteiger charge is -2.13. The molecule has 0 saturated heterocycles. The van der Waals surface area contributed by atoms with E-state index in [2.05, 4.69) is 126 Å². The number of rotatable bonds is 3. The fourth-order valence-corrected chi connectivity index (χ4v) is 9.05. The molecule has 8 aromatic carbocycles. The van der Waals surface area contributed by atoms with Crippen LogP contribution in [0.5, 0.6) is 0 Å². The van der Waals surface area contributed by atoms with Gasteiger partial charge in [0.05, 0.1) is 11.0 Å². The normalized spacial score (nSPS) is 12.0. The van der Waals surface area contributed by atoms with E-state index in [4.69, 9.17) is 15.0 Å². The van der Waals surface area contributed by atoms with Crippen LogP contribution in [-0.2, 0) is 0 Å². The molecule has 0 radical (unpaired) electrons. The average Bonchev–Trinajstić information content (AvgIpc) is 3.73. The molecule has 3 heterocycles. The molecule has 0 aliphatic heterocycles. The summed E-state index contributed by atoms with van der Waals surface area (Å²) in [6.45, 7) is 0. The third kappa shape index (κ3) is 3.95. The van der Waals surface area contributed by atoms with Crippen LogP contribution in [0.4, 0.5) is 0 Å². The summed E-state index contributed by atoms with van der Waals surface area (Å²) in [6, 6.07) is 56.0. The van der Waals surface area contributed by atoms with Crippen LogP contribution >= 0.6 is 11.3 Å². The summed E-state index contributed by atoms with van der Waals surface area (Å²) in [6.07, 6.45) is 0. The van der Waals surface area contributed by atoms with Crippen molar-refractivity contribution in [2.75, 3.05) is 0 Å². The Hall–Kier alpha value is -6.43. The Balaban J connectivity index is 1.29. The summed E-state index contributed by atoms with van der Waals surface area (Å²) < 4.78 is 4.87. The number of nitrogens with zero attached hydrogens (tertiary/aromatic N) is 4. The van der Waals surface area contributed by atoms with E-state index in [9.17, 15) is 0 Å². The molecule has 0 aliphatic rings. The molecule has 232 valence electrons. The molecule has 11 rings (SSSR count). The first-order valence-electron chi connectivity index (χ1n) is 16.8. The Morgan fingerprint density at radius 1 is 0.380 bits per heavy atom. The Bertz CT molecular complexity index is 3080. The van der Waals surface area contributed by atoms with Crippen molar-refractivity contribution < 1.29 is 0 Å². The zero-order valence-corrected chi connectivity index (χ0v) is 27.5. The molecule has 11 aromatic rings. The van der Waals surface area contributed by atoms with Crippen molar-refractivity contribution in [1.82, 2.24) is 19.5 Å². The predicted octanol–water partition coefficient (Wildman–Crippen LogP) is 12.1. The van der Waals surface area contributed by atoms with E-state index >= 15 is 0 Å². The zero-order chi connectivity index (χ0) is 32.8. The van der Waals surface area contributed by atoms with Crippen molar-refractivity contribution in [3.63, 3.8) is 0 Å². The Labute approximate surface area is 290 Å². The van der Waals surface area contributed by atoms with Gasteiger partial charge in [0.15, 0.2) is 11.6 Å². The molecule has 0 saturated carbocycles. The van der Waals surface area contributed by atoms with Gasteiger partial charge in [0, 0.05) is 47.5 Å². The van der Waals surface area contributed by atoms with Gasteiger partial charge in [-0.15, -0.1) is 11.3 Å². The third-order valence-electron chi connectivity index (χ3n) is 10.0. The molecule has 0 atom stereocenters. The number of hydrogen-bond donors (Lipinski definition) is 0. The number of hydrogen-bond acceptors (Lipinski definition) is 4. The van der Waals surface area contributed by atoms with Crippen LogP contribution in [0.25, 0.3) is 103 Å². The monoisotopic (exact) mass is 654 g/mol. The summed E-state index contributed by atoms with van der Waals surface area (Å²) >= 11 is 1.89. The minimum atomic E-state index is 0.597. The number of benzene rings is 8. The van der Waals surface area contributed by atoms with Crippen LogP contribution in [0.15, 0.2) is 158 Å². The lowest BCUT2D eigenvalue weighted by atomic mass is 9.92. The highest BCUT2D eigenvalue weighted by molar-refractivity contribution is 7.26. The minimum Gasteiger partial charge on any atom is -0.278 e. The lowest BCUT2D eigenvalue weighted by Crippen LogP contribution is -2.06. The third-order valence-corrected chi connectivity index (χ3v) is 11.2. The van der Waals surface area contributed by atoms with Crippen LogP contribution in [0, 0.1) is 0 Å². The van der Waals surface area contributed by atoms with E-state index in [-0.39, 0.29) is 0 Å². The molecule has 0 fully saturated rings. The molecule has 0 amide bonds. The number of para-hydroxylation sites is 1. The van der Waals surface area contributed by atoms with Crippen molar-refractivity contribution >= 4 is 85.6 Å². The van der Waals surface area contributed by atoms with E-state index in [0.29, 0.717) is 17.6 Å². The number of fused-ring (bicyclic) bond motifs is 13. The van der Waals surface area contributed by atoms with Gasteiger partial charge < -0.3 is 0 Å². The molecular weight excluding hydrogens is 629 g/mol. The number of aromatic nitrogens is 4. The van der Waals surface area contributed by atoms with E-state index in [1.165, 1.54) is 57.9 Å². The van der Waals surface area contributed by atoms with Gasteiger partial charge in [-0.05, 0) is 51.2 Å². The van der Waals surface area contributed by atoms with Crippen molar-refractivity contribution in [2.45, 2.75) is 0 Å². The van der Waals surface area contributed by atoms with Gasteiger partial charge >= 0.3 is 0 Å². The summed E-state index contributed by atoms with van der Waals surface area (Å²) in [5.41, 5.74) is 4.02. The molecule has 0 spiro atoms. The first kappa shape index (κ1) is 27.5. The second-order valence-corrected chi connectivity index (χ2v) is 13.8. The molecule has 50 heavy (non-hydrogen) atoms. The molecule has 3 aromatic heterocycles. The van der Waals surface area contributed by atoms with Gasteiger partial charge in [-0.3, -0.25) is 4.57 Å². The van der Waals surface area contributed by atoms with Crippen molar-refractivity contribution in [3.05, 3.63) is 158 Å². The largest absolute Gasteiger partial charge is 0.278 e. The van der Waals surface area contributed by atoms with Crippen molar-refractivity contribution in [3.8, 4) is 28.7 Å². The van der Waals surface area contributed by atoms with E-state index < -0.39 is 0 Å². The minimum absolute atomic E-state index is 0.597. The maximum absolute atomic E-state index is 5.17. The summed E-state index contributed by atoms with van der Waals surface area (Å²) in [5, 5.41) is 12.5. The average molecular weight is 655 g/mol. The molecule has 5 heteroatoms. The standard InChI is InChI=1S/C45H26N4S/c1-3-13-27(14-4-1)43-46-44(28-15-5-2-6-16-28)48-45(47-43)49-38-21-11-9-18-30(38)37-25-35-29-17-7-8-20-32(29)41-33(36(35)26-39(37)49)23-24-34-31-19-10-12-22-40(31)50-42(34)41/h1-26H. The summed E-state index contributed by atoms with van der Waals surface area (Å²) in [7, 11) is 0. The Kier molecular flexibility index (Phi) is 5.80. The van der Waals surface area contributed by atoms with Gasteiger partial charge in [-0.2, -0.15) is 9.97 Å². The maximum atomic E-state index is 5.17. The fourth-order valence-electron chi connectivity index (χ4n) is 7.79.